The average Bonchev–Trinajstić information content (AvgIpc) is 2.83. The molecule has 1 aromatic carbocycles. The molecule has 0 amide bonds. The number of aryl methyl sites for hydroxylation is 1. The van der Waals surface area contributed by atoms with Gasteiger partial charge in [0, 0.05) is 17.1 Å². The minimum absolute atomic E-state index is 0.555. The fourth-order valence-corrected chi connectivity index (χ4v) is 2.86. The minimum Gasteiger partial charge on any atom is -0.324 e. The highest BCUT2D eigenvalue weighted by Crippen LogP contribution is 2.26. The number of rotatable bonds is 1. The summed E-state index contributed by atoms with van der Waals surface area (Å²) in [5, 5.41) is 3.41. The van der Waals surface area contributed by atoms with Crippen LogP contribution in [-0.2, 0) is 0 Å². The van der Waals surface area contributed by atoms with Gasteiger partial charge in [0.15, 0.2) is 0 Å². The van der Waals surface area contributed by atoms with Crippen molar-refractivity contribution >= 4 is 27.0 Å². The molecule has 16 heavy (non-hydrogen) atoms. The van der Waals surface area contributed by atoms with Gasteiger partial charge in [0.2, 0.25) is 0 Å². The zero-order valence-electron chi connectivity index (χ0n) is 9.20. The smallest absolute Gasteiger partial charge is 0.107 e. The lowest BCUT2D eigenvalue weighted by atomic mass is 10.2. The van der Waals surface area contributed by atoms with E-state index in [1.165, 1.54) is 11.9 Å². The third kappa shape index (κ3) is 1.57. The Bertz CT molecular complexity index is 526. The van der Waals surface area contributed by atoms with Crippen LogP contribution in [0.3, 0.4) is 0 Å². The highest BCUT2D eigenvalue weighted by Gasteiger charge is 2.20. The van der Waals surface area contributed by atoms with Crippen molar-refractivity contribution in [2.24, 2.45) is 0 Å². The van der Waals surface area contributed by atoms with E-state index in [0.717, 1.165) is 28.9 Å². The summed E-state index contributed by atoms with van der Waals surface area (Å²) < 4.78 is 3.48. The maximum absolute atomic E-state index is 4.61. The van der Waals surface area contributed by atoms with Gasteiger partial charge in [-0.3, -0.25) is 0 Å². The van der Waals surface area contributed by atoms with Crippen LogP contribution in [0, 0.1) is 6.92 Å². The molecule has 1 N–H and O–H groups in total. The van der Waals surface area contributed by atoms with Gasteiger partial charge in [-0.1, -0.05) is 15.9 Å². The molecule has 1 aliphatic rings. The number of nitrogens with one attached hydrogen (secondary N) is 1. The fourth-order valence-electron chi connectivity index (χ4n) is 2.51. The third-order valence-corrected chi connectivity index (χ3v) is 3.72. The average molecular weight is 280 g/mol. The molecule has 1 atom stereocenters. The number of imidazole rings is 1. The first-order valence-electron chi connectivity index (χ1n) is 5.60. The van der Waals surface area contributed by atoms with E-state index in [1.807, 2.05) is 6.07 Å². The zero-order valence-corrected chi connectivity index (χ0v) is 10.8. The fraction of sp³-hybridized carbons (Fsp3) is 0.417. The summed E-state index contributed by atoms with van der Waals surface area (Å²) in [6.07, 6.45) is 1.19. The molecule has 1 aliphatic heterocycles. The summed E-state index contributed by atoms with van der Waals surface area (Å²) in [6.45, 7) is 4.25. The van der Waals surface area contributed by atoms with Crippen molar-refractivity contribution < 1.29 is 0 Å². The molecule has 0 spiro atoms. The lowest BCUT2D eigenvalue weighted by Crippen LogP contribution is -2.14. The SMILES string of the molecule is Cc1nc2ccc(Br)cc2n1C1CCNC1. The molecule has 4 heteroatoms. The first-order chi connectivity index (χ1) is 7.75. The molecule has 84 valence electrons. The lowest BCUT2D eigenvalue weighted by Gasteiger charge is -2.13. The molecule has 0 bridgehead atoms. The topological polar surface area (TPSA) is 29.9 Å². The van der Waals surface area contributed by atoms with Crippen molar-refractivity contribution in [3.63, 3.8) is 0 Å². The molecule has 3 nitrogen and oxygen atoms in total. The number of hydrogen-bond donors (Lipinski definition) is 1. The highest BCUT2D eigenvalue weighted by molar-refractivity contribution is 9.10. The lowest BCUT2D eigenvalue weighted by molar-refractivity contribution is 0.548. The Kier molecular flexibility index (Phi) is 2.48. The van der Waals surface area contributed by atoms with Gasteiger partial charge in [0.1, 0.15) is 5.82 Å². The molecular formula is C12H14BrN3. The van der Waals surface area contributed by atoms with Gasteiger partial charge in [0.05, 0.1) is 11.0 Å². The summed E-state index contributed by atoms with van der Waals surface area (Å²) >= 11 is 3.53. The molecule has 3 rings (SSSR count). The molecule has 1 aromatic heterocycles. The molecule has 1 unspecified atom stereocenters. The third-order valence-electron chi connectivity index (χ3n) is 3.23. The van der Waals surface area contributed by atoms with E-state index in [1.54, 1.807) is 0 Å². The molecular weight excluding hydrogens is 266 g/mol. The Morgan fingerprint density at radius 1 is 1.50 bits per heavy atom. The first-order valence-corrected chi connectivity index (χ1v) is 6.40. The van der Waals surface area contributed by atoms with Crippen LogP contribution < -0.4 is 5.32 Å². The summed E-state index contributed by atoms with van der Waals surface area (Å²) in [4.78, 5) is 4.61. The van der Waals surface area contributed by atoms with Crippen LogP contribution in [0.15, 0.2) is 22.7 Å². The monoisotopic (exact) mass is 279 g/mol. The van der Waals surface area contributed by atoms with E-state index in [0.29, 0.717) is 6.04 Å². The van der Waals surface area contributed by atoms with E-state index in [4.69, 9.17) is 0 Å². The molecule has 0 radical (unpaired) electrons. The highest BCUT2D eigenvalue weighted by atomic mass is 79.9. The summed E-state index contributed by atoms with van der Waals surface area (Å²) in [6, 6.07) is 6.84. The van der Waals surface area contributed by atoms with Crippen LogP contribution in [0.4, 0.5) is 0 Å². The summed E-state index contributed by atoms with van der Waals surface area (Å²) in [5.41, 5.74) is 2.33. The largest absolute Gasteiger partial charge is 0.324 e. The van der Waals surface area contributed by atoms with Crippen molar-refractivity contribution in [1.29, 1.82) is 0 Å². The number of aromatic nitrogens is 2. The number of hydrogen-bond acceptors (Lipinski definition) is 2. The van der Waals surface area contributed by atoms with E-state index < -0.39 is 0 Å². The van der Waals surface area contributed by atoms with Crippen molar-refractivity contribution in [1.82, 2.24) is 14.9 Å². The van der Waals surface area contributed by atoms with E-state index in [2.05, 4.69) is 49.9 Å². The second-order valence-corrected chi connectivity index (χ2v) is 5.22. The van der Waals surface area contributed by atoms with Crippen molar-refractivity contribution in [3.05, 3.63) is 28.5 Å². The van der Waals surface area contributed by atoms with E-state index in [9.17, 15) is 0 Å². The molecule has 1 fully saturated rings. The van der Waals surface area contributed by atoms with Gasteiger partial charge in [-0.2, -0.15) is 0 Å². The normalized spacial score (nSPS) is 20.8. The molecule has 2 heterocycles. The van der Waals surface area contributed by atoms with Crippen LogP contribution >= 0.6 is 15.9 Å². The minimum atomic E-state index is 0.555. The summed E-state index contributed by atoms with van der Waals surface area (Å²) in [7, 11) is 0. The quantitative estimate of drug-likeness (QED) is 0.870. The Morgan fingerprint density at radius 3 is 3.12 bits per heavy atom. The Hall–Kier alpha value is -0.870. The standard InChI is InChI=1S/C12H14BrN3/c1-8-15-11-3-2-9(13)6-12(11)16(8)10-4-5-14-7-10/h2-3,6,10,14H,4-5,7H2,1H3. The second kappa shape index (κ2) is 3.86. The summed E-state index contributed by atoms with van der Waals surface area (Å²) in [5.74, 6) is 1.11. The van der Waals surface area contributed by atoms with E-state index in [-0.39, 0.29) is 0 Å². The van der Waals surface area contributed by atoms with Gasteiger partial charge in [-0.15, -0.1) is 0 Å². The van der Waals surface area contributed by atoms with Crippen LogP contribution in [0.1, 0.15) is 18.3 Å². The van der Waals surface area contributed by atoms with Crippen LogP contribution in [-0.4, -0.2) is 22.6 Å². The predicted molar refractivity (Wildman–Crippen MR) is 68.7 cm³/mol. The van der Waals surface area contributed by atoms with E-state index >= 15 is 0 Å². The van der Waals surface area contributed by atoms with Gasteiger partial charge < -0.3 is 9.88 Å². The van der Waals surface area contributed by atoms with Crippen molar-refractivity contribution in [2.45, 2.75) is 19.4 Å². The van der Waals surface area contributed by atoms with Crippen molar-refractivity contribution in [3.8, 4) is 0 Å². The predicted octanol–water partition coefficient (Wildman–Crippen LogP) is 2.64. The number of benzene rings is 1. The molecule has 2 aromatic rings. The zero-order chi connectivity index (χ0) is 11.1. The number of nitrogens with zero attached hydrogens (tertiary/aromatic N) is 2. The maximum atomic E-state index is 4.61. The Balaban J connectivity index is 2.20. The Morgan fingerprint density at radius 2 is 2.38 bits per heavy atom. The van der Waals surface area contributed by atoms with Crippen molar-refractivity contribution in [2.75, 3.05) is 13.1 Å². The maximum Gasteiger partial charge on any atom is 0.107 e. The van der Waals surface area contributed by atoms with Crippen LogP contribution in [0.2, 0.25) is 0 Å². The van der Waals surface area contributed by atoms with Gasteiger partial charge >= 0.3 is 0 Å². The molecule has 0 saturated carbocycles. The number of fused-ring (bicyclic) bond motifs is 1. The first kappa shape index (κ1) is 10.3. The second-order valence-electron chi connectivity index (χ2n) is 4.31. The van der Waals surface area contributed by atoms with Crippen LogP contribution in [0.5, 0.6) is 0 Å². The number of halogens is 1. The molecule has 0 aliphatic carbocycles. The van der Waals surface area contributed by atoms with Gasteiger partial charge in [0.25, 0.3) is 0 Å². The van der Waals surface area contributed by atoms with Gasteiger partial charge in [-0.05, 0) is 38.1 Å². The Labute approximate surface area is 103 Å². The molecule has 1 saturated heterocycles. The van der Waals surface area contributed by atoms with Gasteiger partial charge in [-0.25, -0.2) is 4.98 Å². The van der Waals surface area contributed by atoms with Crippen LogP contribution in [0.25, 0.3) is 11.0 Å².